The maximum absolute atomic E-state index is 12.6. The summed E-state index contributed by atoms with van der Waals surface area (Å²) in [6.07, 6.45) is 0. The van der Waals surface area contributed by atoms with E-state index in [-0.39, 0.29) is 30.8 Å². The van der Waals surface area contributed by atoms with Gasteiger partial charge in [0, 0.05) is 45.0 Å². The fourth-order valence-corrected chi connectivity index (χ4v) is 2.84. The Kier molecular flexibility index (Phi) is 12.1. The zero-order chi connectivity index (χ0) is 17.7. The Hall–Kier alpha value is -1.04. The van der Waals surface area contributed by atoms with Gasteiger partial charge >= 0.3 is 6.03 Å². The highest BCUT2D eigenvalue weighted by atomic mass is 35.5. The smallest absolute Gasteiger partial charge is 0.325 e. The SMILES string of the molecule is Cc1cc(C)nc(N(CCN(C(C)C)C(C)C)C(=O)N(C)C)c1.Cl.Cl. The monoisotopic (exact) mass is 392 g/mol. The maximum Gasteiger partial charge on any atom is 0.325 e. The molecular weight excluding hydrogens is 359 g/mol. The molecule has 0 aliphatic carbocycles. The fraction of sp³-hybridized carbons (Fsp3) is 0.667. The molecule has 7 heteroatoms. The van der Waals surface area contributed by atoms with Crippen LogP contribution in [0.4, 0.5) is 10.6 Å². The lowest BCUT2D eigenvalue weighted by Gasteiger charge is -2.33. The Bertz CT molecular complexity index is 508. The molecule has 146 valence electrons. The first-order valence-corrected chi connectivity index (χ1v) is 8.33. The Balaban J connectivity index is 0. The van der Waals surface area contributed by atoms with Crippen LogP contribution in [0.1, 0.15) is 39.0 Å². The van der Waals surface area contributed by atoms with Gasteiger partial charge in [0.15, 0.2) is 0 Å². The molecule has 0 aliphatic rings. The highest BCUT2D eigenvalue weighted by Gasteiger charge is 2.22. The minimum Gasteiger partial charge on any atom is -0.330 e. The molecule has 25 heavy (non-hydrogen) atoms. The summed E-state index contributed by atoms with van der Waals surface area (Å²) in [4.78, 5) is 22.9. The average Bonchev–Trinajstić information content (AvgIpc) is 2.40. The van der Waals surface area contributed by atoms with Crippen LogP contribution < -0.4 is 4.90 Å². The molecule has 0 bridgehead atoms. The second-order valence-electron chi connectivity index (χ2n) is 6.90. The van der Waals surface area contributed by atoms with Crippen LogP contribution in [0, 0.1) is 13.8 Å². The van der Waals surface area contributed by atoms with Gasteiger partial charge in [-0.05, 0) is 59.2 Å². The van der Waals surface area contributed by atoms with Crippen LogP contribution in [-0.2, 0) is 0 Å². The van der Waals surface area contributed by atoms with Crippen molar-refractivity contribution in [1.29, 1.82) is 0 Å². The molecule has 1 rings (SSSR count). The molecule has 0 saturated heterocycles. The molecular formula is C18H34Cl2N4O. The van der Waals surface area contributed by atoms with Crippen molar-refractivity contribution < 1.29 is 4.79 Å². The Labute approximate surface area is 165 Å². The lowest BCUT2D eigenvalue weighted by Crippen LogP contribution is -2.47. The van der Waals surface area contributed by atoms with E-state index in [2.05, 4.69) is 37.6 Å². The third-order valence-corrected chi connectivity index (χ3v) is 3.88. The molecule has 0 unspecified atom stereocenters. The lowest BCUT2D eigenvalue weighted by atomic mass is 10.2. The fourth-order valence-electron chi connectivity index (χ4n) is 2.84. The molecule has 1 aromatic rings. The number of carbonyl (C=O) groups excluding carboxylic acids is 1. The molecule has 0 atom stereocenters. The lowest BCUT2D eigenvalue weighted by molar-refractivity contribution is 0.177. The van der Waals surface area contributed by atoms with Gasteiger partial charge in [0.1, 0.15) is 5.82 Å². The van der Waals surface area contributed by atoms with Crippen molar-refractivity contribution in [3.05, 3.63) is 23.4 Å². The molecule has 0 N–H and O–H groups in total. The van der Waals surface area contributed by atoms with Gasteiger partial charge in [-0.25, -0.2) is 9.78 Å². The standard InChI is InChI=1S/C18H32N4O.2ClH/c1-13(2)21(14(3)4)9-10-22(18(23)20(7)8)17-12-15(5)11-16(6)19-17;;/h11-14H,9-10H2,1-8H3;2*1H. The summed E-state index contributed by atoms with van der Waals surface area (Å²) in [6, 6.07) is 4.85. The molecule has 0 spiro atoms. The summed E-state index contributed by atoms with van der Waals surface area (Å²) < 4.78 is 0. The van der Waals surface area contributed by atoms with Gasteiger partial charge in [0.05, 0.1) is 0 Å². The van der Waals surface area contributed by atoms with Gasteiger partial charge in [0.2, 0.25) is 0 Å². The van der Waals surface area contributed by atoms with Crippen LogP contribution in [0.25, 0.3) is 0 Å². The van der Waals surface area contributed by atoms with Gasteiger partial charge < -0.3 is 4.90 Å². The largest absolute Gasteiger partial charge is 0.330 e. The molecule has 0 radical (unpaired) electrons. The maximum atomic E-state index is 12.6. The van der Waals surface area contributed by atoms with Crippen LogP contribution in [0.3, 0.4) is 0 Å². The van der Waals surface area contributed by atoms with E-state index in [1.807, 2.05) is 26.0 Å². The first-order chi connectivity index (χ1) is 10.6. The molecule has 0 saturated carbocycles. The highest BCUT2D eigenvalue weighted by Crippen LogP contribution is 2.17. The van der Waals surface area contributed by atoms with Crippen LogP contribution >= 0.6 is 24.8 Å². The molecule has 1 aromatic heterocycles. The highest BCUT2D eigenvalue weighted by molar-refractivity contribution is 5.90. The first kappa shape index (κ1) is 26.2. The number of aromatic nitrogens is 1. The molecule has 0 fully saturated rings. The second-order valence-corrected chi connectivity index (χ2v) is 6.90. The van der Waals surface area contributed by atoms with Gasteiger partial charge in [-0.15, -0.1) is 24.8 Å². The predicted octanol–water partition coefficient (Wildman–Crippen LogP) is 4.15. The number of aryl methyl sites for hydroxylation is 2. The van der Waals surface area contributed by atoms with E-state index in [0.29, 0.717) is 18.6 Å². The van der Waals surface area contributed by atoms with Crippen LogP contribution in [0.2, 0.25) is 0 Å². The van der Waals surface area contributed by atoms with Crippen molar-refractivity contribution in [1.82, 2.24) is 14.8 Å². The number of anilines is 1. The van der Waals surface area contributed by atoms with E-state index in [1.54, 1.807) is 23.9 Å². The van der Waals surface area contributed by atoms with E-state index < -0.39 is 0 Å². The van der Waals surface area contributed by atoms with E-state index >= 15 is 0 Å². The average molecular weight is 393 g/mol. The van der Waals surface area contributed by atoms with Gasteiger partial charge in [0.25, 0.3) is 0 Å². The van der Waals surface area contributed by atoms with E-state index in [9.17, 15) is 4.79 Å². The number of hydrogen-bond acceptors (Lipinski definition) is 3. The summed E-state index contributed by atoms with van der Waals surface area (Å²) in [5.41, 5.74) is 2.05. The molecule has 1 heterocycles. The Morgan fingerprint density at radius 3 is 1.92 bits per heavy atom. The van der Waals surface area contributed by atoms with Crippen molar-refractivity contribution in [3.8, 4) is 0 Å². The first-order valence-electron chi connectivity index (χ1n) is 8.33. The van der Waals surface area contributed by atoms with Crippen molar-refractivity contribution >= 4 is 36.7 Å². The molecule has 0 aliphatic heterocycles. The number of hydrogen-bond donors (Lipinski definition) is 0. The van der Waals surface area contributed by atoms with Crippen LogP contribution in [0.15, 0.2) is 12.1 Å². The number of pyridine rings is 1. The number of nitrogens with zero attached hydrogens (tertiary/aromatic N) is 4. The number of carbonyl (C=O) groups is 1. The van der Waals surface area contributed by atoms with Gasteiger partial charge in [-0.2, -0.15) is 0 Å². The molecule has 2 amide bonds. The minimum absolute atomic E-state index is 0. The van der Waals surface area contributed by atoms with Crippen molar-refractivity contribution in [2.75, 3.05) is 32.1 Å². The summed E-state index contributed by atoms with van der Waals surface area (Å²) in [6.45, 7) is 14.2. The summed E-state index contributed by atoms with van der Waals surface area (Å²) in [7, 11) is 3.56. The normalized spacial score (nSPS) is 10.5. The summed E-state index contributed by atoms with van der Waals surface area (Å²) >= 11 is 0. The number of amides is 2. The summed E-state index contributed by atoms with van der Waals surface area (Å²) in [5, 5.41) is 0. The van der Waals surface area contributed by atoms with Crippen LogP contribution in [-0.4, -0.2) is 60.1 Å². The predicted molar refractivity (Wildman–Crippen MR) is 112 cm³/mol. The quantitative estimate of drug-likeness (QED) is 0.729. The zero-order valence-corrected chi connectivity index (χ0v) is 18.4. The Morgan fingerprint density at radius 1 is 1.00 bits per heavy atom. The van der Waals surface area contributed by atoms with E-state index in [0.717, 1.165) is 23.6 Å². The van der Waals surface area contributed by atoms with Gasteiger partial charge in [-0.1, -0.05) is 0 Å². The van der Waals surface area contributed by atoms with Gasteiger partial charge in [-0.3, -0.25) is 9.80 Å². The number of rotatable bonds is 6. The molecule has 0 aromatic carbocycles. The van der Waals surface area contributed by atoms with E-state index in [1.165, 1.54) is 0 Å². The Morgan fingerprint density at radius 2 is 1.52 bits per heavy atom. The third kappa shape index (κ3) is 7.80. The molecule has 5 nitrogen and oxygen atoms in total. The topological polar surface area (TPSA) is 39.7 Å². The van der Waals surface area contributed by atoms with Crippen LogP contribution in [0.5, 0.6) is 0 Å². The van der Waals surface area contributed by atoms with Crippen molar-refractivity contribution in [3.63, 3.8) is 0 Å². The van der Waals surface area contributed by atoms with Crippen molar-refractivity contribution in [2.24, 2.45) is 0 Å². The minimum atomic E-state index is -0.0324. The van der Waals surface area contributed by atoms with E-state index in [4.69, 9.17) is 0 Å². The number of urea groups is 1. The zero-order valence-electron chi connectivity index (χ0n) is 16.7. The third-order valence-electron chi connectivity index (χ3n) is 3.88. The van der Waals surface area contributed by atoms with Crippen molar-refractivity contribution in [2.45, 2.75) is 53.6 Å². The second kappa shape index (κ2) is 11.6. The number of halogens is 2. The summed E-state index contributed by atoms with van der Waals surface area (Å²) in [5.74, 6) is 0.730.